The number of aryl methyl sites for hydroxylation is 1. The van der Waals surface area contributed by atoms with Gasteiger partial charge in [-0.1, -0.05) is 15.0 Å². The maximum atomic E-state index is 10.9. The Kier molecular flexibility index (Phi) is 8.23. The number of aromatic nitrogens is 3. The molecule has 1 aliphatic heterocycles. The number of halogens is 1. The number of anilines is 1. The molecular weight excluding hydrogens is 591 g/mol. The highest BCUT2D eigenvalue weighted by Gasteiger charge is 2.43. The van der Waals surface area contributed by atoms with Crippen LogP contribution in [0.5, 0.6) is 11.5 Å². The van der Waals surface area contributed by atoms with Crippen molar-refractivity contribution in [2.75, 3.05) is 44.0 Å². The fourth-order valence-electron chi connectivity index (χ4n) is 3.56. The minimum absolute atomic E-state index is 0.125. The molecule has 1 saturated heterocycles. The molecule has 0 spiro atoms. The molecule has 0 radical (unpaired) electrons. The Labute approximate surface area is 219 Å². The molecule has 184 valence electrons. The Morgan fingerprint density at radius 1 is 1.21 bits per heavy atom. The van der Waals surface area contributed by atoms with Crippen molar-refractivity contribution >= 4 is 48.0 Å². The lowest BCUT2D eigenvalue weighted by Crippen LogP contribution is -2.56. The molecule has 4 rings (SSSR count). The number of aliphatic hydroxyl groups is 1. The maximum Gasteiger partial charge on any atom is 0.242 e. The summed E-state index contributed by atoms with van der Waals surface area (Å²) < 4.78 is 26.6. The summed E-state index contributed by atoms with van der Waals surface area (Å²) in [5.41, 5.74) is -0.212. The highest BCUT2D eigenvalue weighted by atomic mass is 127. The molecule has 1 aliphatic rings. The first-order valence-corrected chi connectivity index (χ1v) is 15.0. The average Bonchev–Trinajstić information content (AvgIpc) is 3.45. The van der Waals surface area contributed by atoms with Crippen molar-refractivity contribution in [3.05, 3.63) is 36.1 Å². The van der Waals surface area contributed by atoms with Gasteiger partial charge in [-0.2, -0.15) is 0 Å². The average molecular weight is 619 g/mol. The summed E-state index contributed by atoms with van der Waals surface area (Å²) >= 11 is 3.80. The van der Waals surface area contributed by atoms with Gasteiger partial charge in [0.05, 0.1) is 32.7 Å². The van der Waals surface area contributed by atoms with Gasteiger partial charge in [-0.05, 0) is 71.3 Å². The lowest BCUT2D eigenvalue weighted by atomic mass is 9.99. The van der Waals surface area contributed by atoms with Crippen LogP contribution in [-0.4, -0.2) is 70.5 Å². The van der Waals surface area contributed by atoms with Gasteiger partial charge in [-0.3, -0.25) is 8.87 Å². The molecule has 1 aromatic carbocycles. The molecule has 1 unspecified atom stereocenters. The largest absolute Gasteiger partial charge is 0.494 e. The molecule has 0 saturated carbocycles. The summed E-state index contributed by atoms with van der Waals surface area (Å²) in [6.45, 7) is 5.20. The predicted molar refractivity (Wildman–Crippen MR) is 144 cm³/mol. The van der Waals surface area contributed by atoms with Crippen molar-refractivity contribution in [2.45, 2.75) is 24.7 Å². The van der Waals surface area contributed by atoms with E-state index >= 15 is 0 Å². The molecule has 0 aliphatic carbocycles. The zero-order valence-electron chi connectivity index (χ0n) is 19.4. The molecule has 1 fully saturated rings. The van der Waals surface area contributed by atoms with Gasteiger partial charge in [0.25, 0.3) is 0 Å². The van der Waals surface area contributed by atoms with Crippen LogP contribution in [0, 0.1) is 6.92 Å². The van der Waals surface area contributed by atoms with E-state index in [2.05, 4.69) is 35.7 Å². The van der Waals surface area contributed by atoms with Gasteiger partial charge >= 0.3 is 0 Å². The van der Waals surface area contributed by atoms with Crippen LogP contribution in [0.4, 0.5) is 5.95 Å². The normalized spacial score (nSPS) is 15.6. The quantitative estimate of drug-likeness (QED) is 0.244. The number of hydrogen-bond donors (Lipinski definition) is 1. The maximum absolute atomic E-state index is 10.9. The Morgan fingerprint density at radius 3 is 2.44 bits per heavy atom. The van der Waals surface area contributed by atoms with Crippen molar-refractivity contribution < 1.29 is 23.7 Å². The van der Waals surface area contributed by atoms with E-state index in [0.29, 0.717) is 54.5 Å². The fraction of sp³-hybridized carbons (Fsp3) is 0.455. The molecular formula is C22H27IN4O5S2. The van der Waals surface area contributed by atoms with Gasteiger partial charge < -0.3 is 23.7 Å². The molecule has 1 atom stereocenters. The van der Waals surface area contributed by atoms with Gasteiger partial charge in [-0.15, -0.1) is 10.2 Å². The van der Waals surface area contributed by atoms with E-state index in [4.69, 9.17) is 18.6 Å². The fourth-order valence-corrected chi connectivity index (χ4v) is 5.64. The zero-order valence-corrected chi connectivity index (χ0v) is 23.1. The third kappa shape index (κ3) is 5.01. The Hall–Kier alpha value is -1.61. The lowest BCUT2D eigenvalue weighted by molar-refractivity contribution is -0.175. The second kappa shape index (κ2) is 11.0. The molecule has 0 amide bonds. The van der Waals surface area contributed by atoms with Gasteiger partial charge in [0.2, 0.25) is 11.8 Å². The molecule has 12 heteroatoms. The van der Waals surface area contributed by atoms with Crippen LogP contribution in [0.25, 0.3) is 17.3 Å². The number of benzene rings is 1. The summed E-state index contributed by atoms with van der Waals surface area (Å²) in [6.07, 6.45) is 0. The Bertz CT molecular complexity index is 1100. The lowest BCUT2D eigenvalue weighted by Gasteiger charge is -2.42. The number of methoxy groups -OCH3 is 2. The highest BCUT2D eigenvalue weighted by Crippen LogP contribution is 2.41. The number of ether oxygens (including phenoxy) is 3. The van der Waals surface area contributed by atoms with Crippen LogP contribution in [0.2, 0.25) is 0 Å². The first-order valence-electron chi connectivity index (χ1n) is 10.6. The summed E-state index contributed by atoms with van der Waals surface area (Å²) in [5.74, 6) is 4.52. The summed E-state index contributed by atoms with van der Waals surface area (Å²) in [5, 5.41) is 19.8. The number of para-hydroxylation sites is 1. The molecule has 3 heterocycles. The van der Waals surface area contributed by atoms with E-state index in [1.54, 1.807) is 23.2 Å². The highest BCUT2D eigenvalue weighted by molar-refractivity contribution is 14.2. The number of hydrogen-bond acceptors (Lipinski definition) is 10. The van der Waals surface area contributed by atoms with E-state index in [9.17, 15) is 5.11 Å². The minimum atomic E-state index is -0.881. The minimum Gasteiger partial charge on any atom is -0.494 e. The van der Waals surface area contributed by atoms with E-state index in [1.165, 1.54) is 11.9 Å². The van der Waals surface area contributed by atoms with Crippen molar-refractivity contribution in [1.29, 1.82) is 0 Å². The van der Waals surface area contributed by atoms with Crippen LogP contribution >= 0.6 is 42.1 Å². The SMILES string of the molecule is COc1cccc(OC)c1-n1c(-c2ccc(C)o2)nnc1N(CCSI)SC(C)C1(O)COC1. The zero-order chi connectivity index (χ0) is 24.3. The topological polar surface area (TPSA) is 95.0 Å². The summed E-state index contributed by atoms with van der Waals surface area (Å²) in [4.78, 5) is 0. The van der Waals surface area contributed by atoms with Gasteiger partial charge in [0, 0.05) is 12.3 Å². The van der Waals surface area contributed by atoms with E-state index in [1.807, 2.05) is 48.7 Å². The van der Waals surface area contributed by atoms with E-state index in [0.717, 1.165) is 11.5 Å². The first kappa shape index (κ1) is 25.5. The third-order valence-electron chi connectivity index (χ3n) is 5.57. The number of furan rings is 1. The Morgan fingerprint density at radius 2 is 1.91 bits per heavy atom. The number of nitrogens with zero attached hydrogens (tertiary/aromatic N) is 4. The molecule has 2 aromatic heterocycles. The van der Waals surface area contributed by atoms with E-state index < -0.39 is 5.60 Å². The molecule has 0 bridgehead atoms. The number of rotatable bonds is 11. The smallest absolute Gasteiger partial charge is 0.242 e. The van der Waals surface area contributed by atoms with Crippen LogP contribution in [-0.2, 0) is 4.74 Å². The molecule has 1 N–H and O–H groups in total. The van der Waals surface area contributed by atoms with Crippen LogP contribution in [0.1, 0.15) is 12.7 Å². The van der Waals surface area contributed by atoms with Gasteiger partial charge in [0.1, 0.15) is 28.5 Å². The standard InChI is InChI=1S/C22H27IN4O5S2/c1-14-8-9-18(32-14)20-24-25-21(27(20)19-16(29-3)6-5-7-17(19)30-4)26(10-11-33-23)34-15(2)22(28)12-31-13-22/h5-9,15,28H,10-13H2,1-4H3. The van der Waals surface area contributed by atoms with Crippen molar-refractivity contribution in [3.8, 4) is 28.8 Å². The molecule has 3 aromatic rings. The summed E-state index contributed by atoms with van der Waals surface area (Å²) in [6, 6.07) is 9.37. The summed E-state index contributed by atoms with van der Waals surface area (Å²) in [7, 11) is 4.94. The molecule has 34 heavy (non-hydrogen) atoms. The van der Waals surface area contributed by atoms with Crippen LogP contribution < -0.4 is 13.8 Å². The monoisotopic (exact) mass is 618 g/mol. The second-order valence-electron chi connectivity index (χ2n) is 7.84. The Balaban J connectivity index is 1.87. The van der Waals surface area contributed by atoms with Crippen molar-refractivity contribution in [2.24, 2.45) is 0 Å². The first-order chi connectivity index (χ1) is 16.4. The predicted octanol–water partition coefficient (Wildman–Crippen LogP) is 4.54. The molecule has 9 nitrogen and oxygen atoms in total. The third-order valence-corrected chi connectivity index (χ3v) is 8.59. The van der Waals surface area contributed by atoms with Crippen molar-refractivity contribution in [1.82, 2.24) is 14.8 Å². The van der Waals surface area contributed by atoms with Gasteiger partial charge in [0.15, 0.2) is 5.76 Å². The second-order valence-corrected chi connectivity index (χ2v) is 11.7. The van der Waals surface area contributed by atoms with Crippen LogP contribution in [0.3, 0.4) is 0 Å². The van der Waals surface area contributed by atoms with Gasteiger partial charge in [-0.25, -0.2) is 0 Å². The van der Waals surface area contributed by atoms with E-state index in [-0.39, 0.29) is 5.25 Å². The van der Waals surface area contributed by atoms with Crippen LogP contribution in [0.15, 0.2) is 34.7 Å². The van der Waals surface area contributed by atoms with Crippen molar-refractivity contribution in [3.63, 3.8) is 0 Å².